The van der Waals surface area contributed by atoms with Crippen molar-refractivity contribution < 1.29 is 17.6 Å². The maximum atomic E-state index is 13.7. The first-order valence-electron chi connectivity index (χ1n) is 12.5. The van der Waals surface area contributed by atoms with Crippen LogP contribution in [0.3, 0.4) is 0 Å². The van der Waals surface area contributed by atoms with Crippen molar-refractivity contribution in [3.05, 3.63) is 120 Å². The second-order valence-electron chi connectivity index (χ2n) is 8.91. The first kappa shape index (κ1) is 27.2. The van der Waals surface area contributed by atoms with Crippen LogP contribution < -0.4 is 9.31 Å². The van der Waals surface area contributed by atoms with Crippen LogP contribution in [0.5, 0.6) is 0 Å². The van der Waals surface area contributed by atoms with Crippen LogP contribution in [0.25, 0.3) is 10.2 Å². The number of carbonyl (C=O) groups excluding carboxylic acids is 1. The topological polar surface area (TPSA) is 82.9 Å². The summed E-state index contributed by atoms with van der Waals surface area (Å²) in [5.41, 5.74) is 3.16. The van der Waals surface area contributed by atoms with Gasteiger partial charge in [0.15, 0.2) is 0 Å². The van der Waals surface area contributed by atoms with Crippen molar-refractivity contribution in [2.45, 2.75) is 18.7 Å². The molecule has 5 rings (SSSR count). The zero-order valence-corrected chi connectivity index (χ0v) is 23.4. The van der Waals surface area contributed by atoms with Gasteiger partial charge in [-0.15, -0.1) is 0 Å². The molecule has 4 aromatic carbocycles. The quantitative estimate of drug-likeness (QED) is 0.154. The third kappa shape index (κ3) is 5.63. The summed E-state index contributed by atoms with van der Waals surface area (Å²) in [5, 5.41) is 5.92. The molecule has 0 aliphatic heterocycles. The normalized spacial score (nSPS) is 11.7. The second-order valence-corrected chi connectivity index (χ2v) is 11.8. The number of nitrogens with zero attached hydrogens (tertiary/aromatic N) is 4. The van der Waals surface area contributed by atoms with E-state index >= 15 is 0 Å². The van der Waals surface area contributed by atoms with E-state index in [0.717, 1.165) is 15.8 Å². The number of hydrazone groups is 1. The van der Waals surface area contributed by atoms with Gasteiger partial charge in [0.25, 0.3) is 15.9 Å². The molecule has 0 saturated carbocycles. The van der Waals surface area contributed by atoms with Crippen LogP contribution in [0.15, 0.2) is 107 Å². The minimum atomic E-state index is -3.85. The van der Waals surface area contributed by atoms with Gasteiger partial charge in [-0.2, -0.15) is 10.1 Å². The molecule has 0 atom stereocenters. The van der Waals surface area contributed by atoms with Crippen molar-refractivity contribution in [2.75, 3.05) is 15.9 Å². The molecule has 0 bridgehead atoms. The highest BCUT2D eigenvalue weighted by molar-refractivity contribution is 7.92. The van der Waals surface area contributed by atoms with E-state index in [1.165, 1.54) is 63.3 Å². The molecule has 0 unspecified atom stereocenters. The summed E-state index contributed by atoms with van der Waals surface area (Å²) in [6.07, 6.45) is 1.45. The molecule has 1 aromatic heterocycles. The number of sulfonamides is 1. The van der Waals surface area contributed by atoms with E-state index in [1.807, 2.05) is 31.2 Å². The lowest BCUT2D eigenvalue weighted by molar-refractivity contribution is 0.0987. The number of aromatic nitrogens is 1. The molecular formula is C30H25FN4O3S2. The molecule has 0 radical (unpaired) electrons. The number of hydrogen-bond acceptors (Lipinski definition) is 6. The Hall–Kier alpha value is -4.41. The van der Waals surface area contributed by atoms with E-state index in [9.17, 15) is 17.6 Å². The number of aryl methyl sites for hydroxylation is 1. The number of para-hydroxylation sites is 1. The van der Waals surface area contributed by atoms with E-state index in [1.54, 1.807) is 43.3 Å². The standard InChI is InChI=1S/C30H25FN4O3S2/c1-3-34(25-7-5-4-6-8-25)40(37,38)26-16-12-23(13-17-26)29(36)35(32-20-22-10-14-24(31)15-11-22)30-33-27-18-9-21(2)19-28(27)39-30/h4-20H,3H2,1-2H3/b32-20+. The smallest absolute Gasteiger partial charge is 0.267 e. The van der Waals surface area contributed by atoms with Gasteiger partial charge in [-0.25, -0.2) is 17.8 Å². The van der Waals surface area contributed by atoms with Gasteiger partial charge in [0.05, 0.1) is 27.0 Å². The number of hydrogen-bond donors (Lipinski definition) is 0. The van der Waals surface area contributed by atoms with Crippen LogP contribution >= 0.6 is 11.3 Å². The van der Waals surface area contributed by atoms with Crippen LogP contribution in [-0.2, 0) is 10.0 Å². The van der Waals surface area contributed by atoms with Gasteiger partial charge >= 0.3 is 0 Å². The highest BCUT2D eigenvalue weighted by Gasteiger charge is 2.25. The fourth-order valence-corrected chi connectivity index (χ4v) is 6.57. The Labute approximate surface area is 235 Å². The molecular weight excluding hydrogens is 547 g/mol. The fraction of sp³-hybridized carbons (Fsp3) is 0.100. The predicted molar refractivity (Wildman–Crippen MR) is 158 cm³/mol. The average Bonchev–Trinajstić information content (AvgIpc) is 3.37. The Bertz CT molecular complexity index is 1790. The van der Waals surface area contributed by atoms with Gasteiger partial charge in [-0.05, 0) is 85.6 Å². The average molecular weight is 573 g/mol. The van der Waals surface area contributed by atoms with Crippen molar-refractivity contribution in [3.63, 3.8) is 0 Å². The molecule has 0 fully saturated rings. The zero-order valence-electron chi connectivity index (χ0n) is 21.7. The summed E-state index contributed by atoms with van der Waals surface area (Å²) in [4.78, 5) is 18.4. The molecule has 7 nitrogen and oxygen atoms in total. The Morgan fingerprint density at radius 2 is 1.68 bits per heavy atom. The highest BCUT2D eigenvalue weighted by Crippen LogP contribution is 2.31. The maximum Gasteiger partial charge on any atom is 0.280 e. The number of benzene rings is 4. The molecule has 202 valence electrons. The number of amides is 1. The SMILES string of the molecule is CCN(c1ccccc1)S(=O)(=O)c1ccc(C(=O)N(/N=C/c2ccc(F)cc2)c2nc3ccc(C)cc3s2)cc1. The molecule has 1 heterocycles. The highest BCUT2D eigenvalue weighted by atomic mass is 32.2. The van der Waals surface area contributed by atoms with Crippen LogP contribution in [0, 0.1) is 12.7 Å². The number of carbonyl (C=O) groups is 1. The zero-order chi connectivity index (χ0) is 28.3. The van der Waals surface area contributed by atoms with E-state index in [4.69, 9.17) is 0 Å². The molecule has 0 aliphatic rings. The maximum absolute atomic E-state index is 13.7. The fourth-order valence-electron chi connectivity index (χ4n) is 4.08. The number of thiazole rings is 1. The number of fused-ring (bicyclic) bond motifs is 1. The largest absolute Gasteiger partial charge is 0.280 e. The Morgan fingerprint density at radius 3 is 2.35 bits per heavy atom. The van der Waals surface area contributed by atoms with Gasteiger partial charge in [0.2, 0.25) is 5.13 Å². The van der Waals surface area contributed by atoms with Crippen molar-refractivity contribution in [1.29, 1.82) is 0 Å². The van der Waals surface area contributed by atoms with Gasteiger partial charge in [-0.1, -0.05) is 47.7 Å². The van der Waals surface area contributed by atoms with Crippen molar-refractivity contribution >= 4 is 54.5 Å². The molecule has 0 N–H and O–H groups in total. The summed E-state index contributed by atoms with van der Waals surface area (Å²) in [6, 6.07) is 26.1. The minimum absolute atomic E-state index is 0.0616. The summed E-state index contributed by atoms with van der Waals surface area (Å²) >= 11 is 1.31. The van der Waals surface area contributed by atoms with E-state index in [-0.39, 0.29) is 22.8 Å². The molecule has 1 amide bonds. The van der Waals surface area contributed by atoms with Crippen LogP contribution in [0.4, 0.5) is 15.2 Å². The Morgan fingerprint density at radius 1 is 0.975 bits per heavy atom. The molecule has 0 spiro atoms. The monoisotopic (exact) mass is 572 g/mol. The Kier molecular flexibility index (Phi) is 7.72. The van der Waals surface area contributed by atoms with E-state index < -0.39 is 15.9 Å². The lowest BCUT2D eigenvalue weighted by Crippen LogP contribution is -2.31. The van der Waals surface area contributed by atoms with Gasteiger partial charge < -0.3 is 0 Å². The van der Waals surface area contributed by atoms with Gasteiger partial charge in [0, 0.05) is 12.1 Å². The molecule has 0 aliphatic carbocycles. The lowest BCUT2D eigenvalue weighted by Gasteiger charge is -2.23. The summed E-state index contributed by atoms with van der Waals surface area (Å²) in [5.74, 6) is -0.871. The van der Waals surface area contributed by atoms with Gasteiger partial charge in [-0.3, -0.25) is 9.10 Å². The van der Waals surface area contributed by atoms with E-state index in [2.05, 4.69) is 10.1 Å². The summed E-state index contributed by atoms with van der Waals surface area (Å²) in [7, 11) is -3.85. The lowest BCUT2D eigenvalue weighted by atomic mass is 10.2. The second kappa shape index (κ2) is 11.4. The minimum Gasteiger partial charge on any atom is -0.267 e. The van der Waals surface area contributed by atoms with Gasteiger partial charge in [0.1, 0.15) is 5.82 Å². The van der Waals surface area contributed by atoms with Crippen LogP contribution in [-0.4, -0.2) is 32.1 Å². The molecule has 0 saturated heterocycles. The van der Waals surface area contributed by atoms with Crippen molar-refractivity contribution in [2.24, 2.45) is 5.10 Å². The van der Waals surface area contributed by atoms with Crippen molar-refractivity contribution in [3.8, 4) is 0 Å². The molecule has 40 heavy (non-hydrogen) atoms. The number of rotatable bonds is 8. The Balaban J connectivity index is 1.49. The predicted octanol–water partition coefficient (Wildman–Crippen LogP) is 6.64. The van der Waals surface area contributed by atoms with Crippen LogP contribution in [0.1, 0.15) is 28.4 Å². The number of anilines is 2. The number of halogens is 1. The first-order chi connectivity index (χ1) is 19.3. The van der Waals surface area contributed by atoms with Crippen molar-refractivity contribution in [1.82, 2.24) is 4.98 Å². The molecule has 10 heteroatoms. The van der Waals surface area contributed by atoms with E-state index in [0.29, 0.717) is 16.4 Å². The summed E-state index contributed by atoms with van der Waals surface area (Å²) in [6.45, 7) is 3.98. The first-order valence-corrected chi connectivity index (χ1v) is 14.7. The molecule has 5 aromatic rings. The van der Waals surface area contributed by atoms with Crippen LogP contribution in [0.2, 0.25) is 0 Å². The third-order valence-corrected chi connectivity index (χ3v) is 9.03. The summed E-state index contributed by atoms with van der Waals surface area (Å²) < 4.78 is 42.3. The third-order valence-electron chi connectivity index (χ3n) is 6.12.